The molecule has 0 saturated carbocycles. The number of fused-ring (bicyclic) bond motifs is 2. The maximum Gasteiger partial charge on any atom is 0.164 e. The van der Waals surface area contributed by atoms with Gasteiger partial charge in [0.15, 0.2) is 12.0 Å². The first-order valence-electron chi connectivity index (χ1n) is 7.59. The van der Waals surface area contributed by atoms with Crippen LogP contribution >= 0.6 is 34.2 Å². The van der Waals surface area contributed by atoms with E-state index in [0.717, 1.165) is 21.0 Å². The van der Waals surface area contributed by atoms with Crippen molar-refractivity contribution < 1.29 is 14.2 Å². The molecule has 2 aromatic rings. The summed E-state index contributed by atoms with van der Waals surface area (Å²) in [5, 5.41) is 1.29. The highest BCUT2D eigenvalue weighted by Crippen LogP contribution is 2.45. The van der Waals surface area contributed by atoms with Crippen LogP contribution in [-0.2, 0) is 14.2 Å². The lowest BCUT2D eigenvalue weighted by molar-refractivity contribution is -0.196. The van der Waals surface area contributed by atoms with Gasteiger partial charge in [-0.1, -0.05) is 18.5 Å². The van der Waals surface area contributed by atoms with Gasteiger partial charge in [0.25, 0.3) is 0 Å². The fraction of sp³-hybridized carbons (Fsp3) is 0.600. The Hall–Kier alpha value is -0.480. The van der Waals surface area contributed by atoms with E-state index >= 15 is 0 Å². The van der Waals surface area contributed by atoms with E-state index < -0.39 is 5.79 Å². The van der Waals surface area contributed by atoms with Crippen LogP contribution in [0.1, 0.15) is 33.4 Å². The van der Waals surface area contributed by atoms with Gasteiger partial charge < -0.3 is 18.8 Å². The summed E-state index contributed by atoms with van der Waals surface area (Å²) in [4.78, 5) is 8.46. The maximum atomic E-state index is 6.23. The Labute approximate surface area is 152 Å². The number of hydrogen-bond acceptors (Lipinski definition) is 5. The molecule has 8 heteroatoms. The van der Waals surface area contributed by atoms with E-state index in [0.29, 0.717) is 5.15 Å². The van der Waals surface area contributed by atoms with Crippen LogP contribution in [0.25, 0.3) is 11.0 Å². The van der Waals surface area contributed by atoms with Gasteiger partial charge in [-0.05, 0) is 42.9 Å². The molecule has 2 saturated heterocycles. The van der Waals surface area contributed by atoms with Crippen LogP contribution in [0, 0.1) is 3.57 Å². The minimum absolute atomic E-state index is 0.000745. The summed E-state index contributed by atoms with van der Waals surface area (Å²) in [5.74, 6) is -0.604. The first-order valence-corrected chi connectivity index (χ1v) is 9.04. The second-order valence-corrected chi connectivity index (χ2v) is 7.81. The molecule has 23 heavy (non-hydrogen) atoms. The number of halogens is 2. The van der Waals surface area contributed by atoms with Crippen LogP contribution < -0.4 is 0 Å². The molecule has 2 fully saturated rings. The molecule has 2 aliphatic heterocycles. The van der Waals surface area contributed by atoms with E-state index in [1.54, 1.807) is 0 Å². The third-order valence-corrected chi connectivity index (χ3v) is 5.42. The molecule has 0 bridgehead atoms. The topological polar surface area (TPSA) is 58.4 Å². The lowest BCUT2D eigenvalue weighted by Crippen LogP contribution is -2.28. The number of hydrogen-bond donors (Lipinski definition) is 0. The van der Waals surface area contributed by atoms with Gasteiger partial charge in [-0.2, -0.15) is 0 Å². The molecular formula is C15H17ClIN3O3. The lowest BCUT2D eigenvalue weighted by atomic mass is 10.1. The number of aromatic nitrogens is 3. The molecule has 0 radical (unpaired) electrons. The van der Waals surface area contributed by atoms with Gasteiger partial charge in [-0.3, -0.25) is 0 Å². The van der Waals surface area contributed by atoms with Crippen LogP contribution in [0.15, 0.2) is 12.5 Å². The zero-order valence-corrected chi connectivity index (χ0v) is 15.9. The van der Waals surface area contributed by atoms with E-state index in [9.17, 15) is 0 Å². The van der Waals surface area contributed by atoms with E-state index in [-0.39, 0.29) is 24.5 Å². The monoisotopic (exact) mass is 449 g/mol. The van der Waals surface area contributed by atoms with E-state index in [4.69, 9.17) is 25.8 Å². The molecule has 0 N–H and O–H groups in total. The van der Waals surface area contributed by atoms with Crippen molar-refractivity contribution in [2.24, 2.45) is 0 Å². The minimum atomic E-state index is -0.604. The third-order valence-electron chi connectivity index (χ3n) is 4.32. The van der Waals surface area contributed by atoms with Crippen LogP contribution in [0.2, 0.25) is 5.15 Å². The van der Waals surface area contributed by atoms with Crippen LogP contribution in [0.4, 0.5) is 0 Å². The molecule has 2 aromatic heterocycles. The summed E-state index contributed by atoms with van der Waals surface area (Å²) >= 11 is 8.47. The second-order valence-electron chi connectivity index (χ2n) is 6.29. The zero-order chi connectivity index (χ0) is 16.4. The molecular weight excluding hydrogens is 433 g/mol. The molecule has 0 spiro atoms. The Morgan fingerprint density at radius 3 is 2.78 bits per heavy atom. The minimum Gasteiger partial charge on any atom is -0.349 e. The normalized spacial score (nSPS) is 32.6. The lowest BCUT2D eigenvalue weighted by Gasteiger charge is -2.24. The molecule has 4 rings (SSSR count). The fourth-order valence-corrected chi connectivity index (χ4v) is 4.60. The summed E-state index contributed by atoms with van der Waals surface area (Å²) in [6.45, 7) is 5.96. The highest BCUT2D eigenvalue weighted by Gasteiger charge is 2.55. The van der Waals surface area contributed by atoms with E-state index in [2.05, 4.69) is 39.5 Å². The molecule has 6 nitrogen and oxygen atoms in total. The average molecular weight is 450 g/mol. The molecule has 4 heterocycles. The van der Waals surface area contributed by atoms with Gasteiger partial charge in [0.2, 0.25) is 0 Å². The highest BCUT2D eigenvalue weighted by atomic mass is 127. The third kappa shape index (κ3) is 2.48. The Morgan fingerprint density at radius 2 is 2.04 bits per heavy atom. The average Bonchev–Trinajstić information content (AvgIpc) is 3.08. The van der Waals surface area contributed by atoms with Crippen molar-refractivity contribution >= 4 is 45.2 Å². The molecule has 124 valence electrons. The smallest absolute Gasteiger partial charge is 0.164 e. The number of rotatable bonds is 2. The summed E-state index contributed by atoms with van der Waals surface area (Å²) in [5.41, 5.74) is 0.753. The molecule has 0 aliphatic carbocycles. The Bertz CT molecular complexity index is 766. The Balaban J connectivity index is 1.81. The van der Waals surface area contributed by atoms with Crippen molar-refractivity contribution in [1.82, 2.24) is 14.5 Å². The fourth-order valence-electron chi connectivity index (χ4n) is 3.41. The quantitative estimate of drug-likeness (QED) is 0.519. The molecule has 4 atom stereocenters. The Morgan fingerprint density at radius 1 is 1.30 bits per heavy atom. The van der Waals surface area contributed by atoms with Crippen LogP contribution in [0.3, 0.4) is 0 Å². The second kappa shape index (κ2) is 5.52. The van der Waals surface area contributed by atoms with Crippen molar-refractivity contribution in [2.45, 2.75) is 57.5 Å². The Kier molecular flexibility index (Phi) is 3.84. The van der Waals surface area contributed by atoms with Gasteiger partial charge in [-0.15, -0.1) is 0 Å². The maximum absolute atomic E-state index is 6.23. The van der Waals surface area contributed by atoms with E-state index in [1.165, 1.54) is 6.33 Å². The largest absolute Gasteiger partial charge is 0.349 e. The van der Waals surface area contributed by atoms with Gasteiger partial charge in [-0.25, -0.2) is 9.97 Å². The van der Waals surface area contributed by atoms with Crippen molar-refractivity contribution in [1.29, 1.82) is 0 Å². The summed E-state index contributed by atoms with van der Waals surface area (Å²) in [6.07, 6.45) is 3.78. The molecule has 1 unspecified atom stereocenters. The van der Waals surface area contributed by atoms with Crippen molar-refractivity contribution in [3.8, 4) is 0 Å². The molecule has 0 aromatic carbocycles. The van der Waals surface area contributed by atoms with Crippen molar-refractivity contribution in [2.75, 3.05) is 0 Å². The molecule has 2 aliphatic rings. The molecule has 0 amide bonds. The van der Waals surface area contributed by atoms with Crippen molar-refractivity contribution in [3.63, 3.8) is 0 Å². The van der Waals surface area contributed by atoms with Gasteiger partial charge >= 0.3 is 0 Å². The standard InChI is InChI=1S/C15H17ClIN3O3/c1-4-8-10-11(23-15(2,3)22-10)14(21-8)20-5-7(17)9-12(16)18-6-19-13(9)20/h5-6,8,10-11,14H,4H2,1-3H3/t8-,10?,11+,14-/m1/s1. The van der Waals surface area contributed by atoms with Crippen molar-refractivity contribution in [3.05, 3.63) is 21.2 Å². The first-order chi connectivity index (χ1) is 10.9. The van der Waals surface area contributed by atoms with Gasteiger partial charge in [0.05, 0.1) is 11.5 Å². The predicted molar refractivity (Wildman–Crippen MR) is 93.3 cm³/mol. The highest BCUT2D eigenvalue weighted by molar-refractivity contribution is 14.1. The van der Waals surface area contributed by atoms with Crippen LogP contribution in [0.5, 0.6) is 0 Å². The zero-order valence-electron chi connectivity index (χ0n) is 13.0. The summed E-state index contributed by atoms with van der Waals surface area (Å²) in [6, 6.07) is 0. The summed E-state index contributed by atoms with van der Waals surface area (Å²) in [7, 11) is 0. The first kappa shape index (κ1) is 16.0. The number of nitrogens with zero attached hydrogens (tertiary/aromatic N) is 3. The van der Waals surface area contributed by atoms with Crippen LogP contribution in [-0.4, -0.2) is 38.6 Å². The number of ether oxygens (including phenoxy) is 3. The summed E-state index contributed by atoms with van der Waals surface area (Å²) < 4.78 is 21.4. The van der Waals surface area contributed by atoms with Gasteiger partial charge in [0, 0.05) is 9.77 Å². The van der Waals surface area contributed by atoms with E-state index in [1.807, 2.05) is 24.6 Å². The predicted octanol–water partition coefficient (Wildman–Crippen LogP) is 3.52. The van der Waals surface area contributed by atoms with Gasteiger partial charge in [0.1, 0.15) is 29.3 Å². The SMILES string of the molecule is CC[C@H]1O[C@@H](n2cc(I)c3c(Cl)ncnc32)[C@H]2OC(C)(C)OC12.